The van der Waals surface area contributed by atoms with Gasteiger partial charge in [0.1, 0.15) is 11.4 Å². The molecule has 1 aromatic carbocycles. The minimum Gasteiger partial charge on any atom is -0.394 e. The van der Waals surface area contributed by atoms with Gasteiger partial charge in [-0.25, -0.2) is 9.83 Å². The van der Waals surface area contributed by atoms with Crippen molar-refractivity contribution in [2.45, 2.75) is 19.4 Å². The van der Waals surface area contributed by atoms with Crippen molar-refractivity contribution < 1.29 is 5.11 Å². The third-order valence-electron chi connectivity index (χ3n) is 4.70. The lowest BCUT2D eigenvalue weighted by Crippen LogP contribution is -2.27. The number of thiophene rings is 1. The Morgan fingerprint density at radius 3 is 2.97 bits per heavy atom. The maximum absolute atomic E-state index is 12.6. The molecule has 4 rings (SSSR count). The molecule has 0 bridgehead atoms. The highest BCUT2D eigenvalue weighted by atomic mass is 32.1. The molecule has 29 heavy (non-hydrogen) atoms. The van der Waals surface area contributed by atoms with E-state index in [1.54, 1.807) is 35.7 Å². The summed E-state index contributed by atoms with van der Waals surface area (Å²) in [7, 11) is 0. The summed E-state index contributed by atoms with van der Waals surface area (Å²) in [5.41, 5.74) is 3.48. The quantitative estimate of drug-likeness (QED) is 0.366. The highest BCUT2D eigenvalue weighted by Gasteiger charge is 2.18. The van der Waals surface area contributed by atoms with Crippen LogP contribution in [-0.2, 0) is 6.42 Å². The predicted octanol–water partition coefficient (Wildman–Crippen LogP) is 3.85. The summed E-state index contributed by atoms with van der Waals surface area (Å²) in [5.74, 6) is 0.419. The first kappa shape index (κ1) is 18.9. The number of hydrogen-bond acceptors (Lipinski definition) is 5. The molecule has 0 fully saturated rings. The van der Waals surface area contributed by atoms with Crippen molar-refractivity contribution in [1.29, 1.82) is 0 Å². The van der Waals surface area contributed by atoms with Gasteiger partial charge in [-0.05, 0) is 36.1 Å². The Kier molecular flexibility index (Phi) is 5.16. The highest BCUT2D eigenvalue weighted by molar-refractivity contribution is 7.09. The van der Waals surface area contributed by atoms with E-state index in [1.807, 2.05) is 24.4 Å². The number of H-pyrrole nitrogens is 2. The molecule has 0 aliphatic heterocycles. The van der Waals surface area contributed by atoms with E-state index in [0.29, 0.717) is 34.7 Å². The monoisotopic (exact) mass is 405 g/mol. The topological polar surface area (TPSA) is 98.2 Å². The molecule has 0 aliphatic rings. The van der Waals surface area contributed by atoms with Crippen LogP contribution in [0.25, 0.3) is 27.3 Å². The lowest BCUT2D eigenvalue weighted by atomic mass is 10.1. The molecule has 0 saturated carbocycles. The third kappa shape index (κ3) is 3.78. The summed E-state index contributed by atoms with van der Waals surface area (Å²) < 4.78 is 0. The van der Waals surface area contributed by atoms with E-state index in [-0.39, 0.29) is 18.2 Å². The van der Waals surface area contributed by atoms with E-state index in [2.05, 4.69) is 25.1 Å². The number of imidazole rings is 1. The number of hydrogen-bond donors (Lipinski definition) is 4. The fourth-order valence-corrected chi connectivity index (χ4v) is 4.13. The zero-order valence-corrected chi connectivity index (χ0v) is 16.5. The third-order valence-corrected chi connectivity index (χ3v) is 5.60. The number of anilines is 1. The largest absolute Gasteiger partial charge is 0.394 e. The van der Waals surface area contributed by atoms with Crippen LogP contribution in [0.5, 0.6) is 0 Å². The lowest BCUT2D eigenvalue weighted by Gasteiger charge is -2.18. The Bertz CT molecular complexity index is 1250. The summed E-state index contributed by atoms with van der Waals surface area (Å²) in [6, 6.07) is 9.01. The normalized spacial score (nSPS) is 12.0. The first-order valence-electron chi connectivity index (χ1n) is 9.08. The Morgan fingerprint density at radius 1 is 1.38 bits per heavy atom. The number of nitrogens with zero attached hydrogens (tertiary/aromatic N) is 2. The zero-order valence-electron chi connectivity index (χ0n) is 15.7. The molecule has 1 atom stereocenters. The van der Waals surface area contributed by atoms with Crippen molar-refractivity contribution in [1.82, 2.24) is 15.0 Å². The van der Waals surface area contributed by atoms with Crippen LogP contribution in [0.1, 0.15) is 10.4 Å². The predicted molar refractivity (Wildman–Crippen MR) is 116 cm³/mol. The summed E-state index contributed by atoms with van der Waals surface area (Å²) in [6.07, 6.45) is 2.22. The molecule has 1 unspecified atom stereocenters. The van der Waals surface area contributed by atoms with Crippen molar-refractivity contribution in [3.63, 3.8) is 0 Å². The fraction of sp³-hybridized carbons (Fsp3) is 0.190. The smallest absolute Gasteiger partial charge is 0.261 e. The number of benzene rings is 1. The van der Waals surface area contributed by atoms with Gasteiger partial charge in [0.05, 0.1) is 35.9 Å². The van der Waals surface area contributed by atoms with E-state index in [0.717, 1.165) is 16.0 Å². The number of aromatic nitrogens is 3. The second kappa shape index (κ2) is 7.91. The molecular formula is C21H19N5O2S. The first-order valence-corrected chi connectivity index (χ1v) is 9.96. The average molecular weight is 405 g/mol. The van der Waals surface area contributed by atoms with Gasteiger partial charge >= 0.3 is 0 Å². The molecule has 0 amide bonds. The molecule has 146 valence electrons. The van der Waals surface area contributed by atoms with Crippen LogP contribution < -0.4 is 10.9 Å². The molecule has 4 aromatic rings. The minimum atomic E-state index is -0.287. The van der Waals surface area contributed by atoms with Crippen LogP contribution in [0.3, 0.4) is 0 Å². The van der Waals surface area contributed by atoms with Crippen molar-refractivity contribution in [3.05, 3.63) is 74.1 Å². The maximum Gasteiger partial charge on any atom is 0.261 e. The second-order valence-corrected chi connectivity index (χ2v) is 7.79. The SMILES string of the molecule is [C-]#[N+]c1cc(C)c2nc(-c3c(NC(CO)Cc4cccs4)cc[nH]c3=O)[nH]c2c1. The van der Waals surface area contributed by atoms with Gasteiger partial charge in [-0.1, -0.05) is 12.1 Å². The van der Waals surface area contributed by atoms with Crippen LogP contribution >= 0.6 is 11.3 Å². The number of pyridine rings is 1. The van der Waals surface area contributed by atoms with Gasteiger partial charge in [0.25, 0.3) is 5.56 Å². The molecule has 8 heteroatoms. The summed E-state index contributed by atoms with van der Waals surface area (Å²) in [4.78, 5) is 27.7. The molecule has 0 radical (unpaired) electrons. The van der Waals surface area contributed by atoms with Gasteiger partial charge in [0.15, 0.2) is 5.69 Å². The number of aromatic amines is 2. The number of aliphatic hydroxyl groups excluding tert-OH is 1. The number of rotatable bonds is 6. The summed E-state index contributed by atoms with van der Waals surface area (Å²) >= 11 is 1.63. The van der Waals surface area contributed by atoms with Gasteiger partial charge in [-0.2, -0.15) is 0 Å². The van der Waals surface area contributed by atoms with Gasteiger partial charge in [-0.3, -0.25) is 4.79 Å². The molecule has 4 N–H and O–H groups in total. The number of fused-ring (bicyclic) bond motifs is 1. The van der Waals surface area contributed by atoms with Crippen LogP contribution in [0.4, 0.5) is 11.4 Å². The molecule has 3 heterocycles. The van der Waals surface area contributed by atoms with Crippen molar-refractivity contribution in [2.24, 2.45) is 0 Å². The standard InChI is InChI=1S/C21H19N5O2S/c1-12-8-13(22-2)10-17-19(12)26-20(25-17)18-16(5-6-23-21(18)28)24-14(11-27)9-15-4-3-7-29-15/h3-8,10,14,27H,9,11H2,1H3,(H,25,26)(H2,23,24,28). The Balaban J connectivity index is 1.75. The highest BCUT2D eigenvalue weighted by Crippen LogP contribution is 2.29. The van der Waals surface area contributed by atoms with Crippen LogP contribution in [-0.4, -0.2) is 32.7 Å². The van der Waals surface area contributed by atoms with Crippen molar-refractivity contribution in [2.75, 3.05) is 11.9 Å². The average Bonchev–Trinajstić information content (AvgIpc) is 3.37. The van der Waals surface area contributed by atoms with Crippen molar-refractivity contribution in [3.8, 4) is 11.4 Å². The molecular weight excluding hydrogens is 386 g/mol. The maximum atomic E-state index is 12.6. The lowest BCUT2D eigenvalue weighted by molar-refractivity contribution is 0.274. The van der Waals surface area contributed by atoms with Gasteiger partial charge in [-0.15, -0.1) is 11.3 Å². The van der Waals surface area contributed by atoms with E-state index in [1.165, 1.54) is 0 Å². The van der Waals surface area contributed by atoms with Crippen LogP contribution in [0, 0.1) is 13.5 Å². The van der Waals surface area contributed by atoms with E-state index in [4.69, 9.17) is 6.57 Å². The van der Waals surface area contributed by atoms with Crippen molar-refractivity contribution >= 4 is 33.7 Å². The first-order chi connectivity index (χ1) is 14.1. The molecule has 7 nitrogen and oxygen atoms in total. The Hall–Kier alpha value is -3.41. The zero-order chi connectivity index (χ0) is 20.4. The minimum absolute atomic E-state index is 0.0717. The number of nitrogens with one attached hydrogen (secondary N) is 3. The van der Waals surface area contributed by atoms with Gasteiger partial charge in [0.2, 0.25) is 0 Å². The van der Waals surface area contributed by atoms with Gasteiger partial charge in [0, 0.05) is 17.5 Å². The fourth-order valence-electron chi connectivity index (χ4n) is 3.34. The van der Waals surface area contributed by atoms with Gasteiger partial charge < -0.3 is 20.4 Å². The number of aryl methyl sites for hydroxylation is 1. The van der Waals surface area contributed by atoms with Crippen LogP contribution in [0.15, 0.2) is 46.7 Å². The summed E-state index contributed by atoms with van der Waals surface area (Å²) in [6.45, 7) is 9.05. The van der Waals surface area contributed by atoms with E-state index < -0.39 is 0 Å². The van der Waals surface area contributed by atoms with E-state index in [9.17, 15) is 9.90 Å². The van der Waals surface area contributed by atoms with E-state index >= 15 is 0 Å². The second-order valence-electron chi connectivity index (χ2n) is 6.76. The number of aliphatic hydroxyl groups is 1. The molecule has 0 spiro atoms. The Labute approximate surface area is 170 Å². The summed E-state index contributed by atoms with van der Waals surface area (Å²) in [5, 5.41) is 15.1. The molecule has 3 aromatic heterocycles. The Morgan fingerprint density at radius 2 is 2.24 bits per heavy atom. The molecule has 0 aliphatic carbocycles. The van der Waals surface area contributed by atoms with Crippen LogP contribution in [0.2, 0.25) is 0 Å². The molecule has 0 saturated heterocycles.